The van der Waals surface area contributed by atoms with Crippen molar-refractivity contribution >= 4 is 29.1 Å². The Kier molecular flexibility index (Phi) is 8.37. The Labute approximate surface area is 130 Å². The number of hydrogen-bond acceptors (Lipinski definition) is 4. The van der Waals surface area contributed by atoms with Crippen LogP contribution in [0, 0.1) is 13.8 Å². The molecule has 0 atom stereocenters. The van der Waals surface area contributed by atoms with Gasteiger partial charge < -0.3 is 10.6 Å². The lowest BCUT2D eigenvalue weighted by molar-refractivity contribution is 0.844. The SMILES string of the molecule is C=CCSCCNC(=NCc1sc(C)nc1C)NCC. The molecule has 20 heavy (non-hydrogen) atoms. The predicted molar refractivity (Wildman–Crippen MR) is 91.9 cm³/mol. The molecule has 1 aromatic rings. The Bertz CT molecular complexity index is 440. The first kappa shape index (κ1) is 17.0. The van der Waals surface area contributed by atoms with E-state index in [1.165, 1.54) is 4.88 Å². The Morgan fingerprint density at radius 3 is 2.85 bits per heavy atom. The van der Waals surface area contributed by atoms with Gasteiger partial charge in [-0.2, -0.15) is 11.8 Å². The molecule has 1 aromatic heterocycles. The minimum absolute atomic E-state index is 0.687. The predicted octanol–water partition coefficient (Wildman–Crippen LogP) is 2.73. The van der Waals surface area contributed by atoms with Crippen LogP contribution < -0.4 is 10.6 Å². The Morgan fingerprint density at radius 2 is 2.25 bits per heavy atom. The lowest BCUT2D eigenvalue weighted by Gasteiger charge is -2.10. The molecular formula is C14H24N4S2. The van der Waals surface area contributed by atoms with Crippen LogP contribution in [-0.4, -0.2) is 35.5 Å². The van der Waals surface area contributed by atoms with Crippen molar-refractivity contribution < 1.29 is 0 Å². The lowest BCUT2D eigenvalue weighted by Crippen LogP contribution is -2.38. The molecule has 1 rings (SSSR count). The van der Waals surface area contributed by atoms with Crippen LogP contribution in [-0.2, 0) is 6.54 Å². The first-order valence-corrected chi connectivity index (χ1v) is 8.78. The van der Waals surface area contributed by atoms with E-state index in [-0.39, 0.29) is 0 Å². The maximum atomic E-state index is 4.61. The molecular weight excluding hydrogens is 288 g/mol. The Hall–Kier alpha value is -1.01. The topological polar surface area (TPSA) is 49.3 Å². The summed E-state index contributed by atoms with van der Waals surface area (Å²) >= 11 is 3.58. The van der Waals surface area contributed by atoms with Crippen LogP contribution in [0.25, 0.3) is 0 Å². The highest BCUT2D eigenvalue weighted by atomic mass is 32.2. The van der Waals surface area contributed by atoms with Crippen molar-refractivity contribution in [2.75, 3.05) is 24.6 Å². The molecule has 0 saturated carbocycles. The minimum atomic E-state index is 0.687. The van der Waals surface area contributed by atoms with E-state index in [2.05, 4.69) is 34.1 Å². The zero-order chi connectivity index (χ0) is 14.8. The number of nitrogens with zero attached hydrogens (tertiary/aromatic N) is 2. The van der Waals surface area contributed by atoms with Gasteiger partial charge in [-0.3, -0.25) is 0 Å². The van der Waals surface area contributed by atoms with Crippen molar-refractivity contribution in [3.8, 4) is 0 Å². The molecule has 4 nitrogen and oxygen atoms in total. The molecule has 0 aliphatic carbocycles. The molecule has 0 fully saturated rings. The number of rotatable bonds is 8. The van der Waals surface area contributed by atoms with E-state index >= 15 is 0 Å². The second-order valence-corrected chi connectivity index (χ2v) is 6.66. The van der Waals surface area contributed by atoms with Crippen molar-refractivity contribution in [1.29, 1.82) is 0 Å². The fraction of sp³-hybridized carbons (Fsp3) is 0.571. The summed E-state index contributed by atoms with van der Waals surface area (Å²) in [6.07, 6.45) is 1.93. The van der Waals surface area contributed by atoms with E-state index in [1.54, 1.807) is 11.3 Å². The van der Waals surface area contributed by atoms with Crippen LogP contribution in [0.1, 0.15) is 22.5 Å². The smallest absolute Gasteiger partial charge is 0.191 e. The number of aromatic nitrogens is 1. The van der Waals surface area contributed by atoms with Gasteiger partial charge in [0.05, 0.1) is 17.2 Å². The van der Waals surface area contributed by atoms with Gasteiger partial charge in [-0.05, 0) is 20.8 Å². The lowest BCUT2D eigenvalue weighted by atomic mass is 10.4. The number of thioether (sulfide) groups is 1. The molecule has 1 heterocycles. The average Bonchev–Trinajstić information content (AvgIpc) is 2.74. The average molecular weight is 313 g/mol. The molecule has 0 saturated heterocycles. The van der Waals surface area contributed by atoms with E-state index in [4.69, 9.17) is 0 Å². The van der Waals surface area contributed by atoms with E-state index < -0.39 is 0 Å². The molecule has 0 radical (unpaired) electrons. The summed E-state index contributed by atoms with van der Waals surface area (Å²) in [4.78, 5) is 10.3. The molecule has 6 heteroatoms. The van der Waals surface area contributed by atoms with Crippen LogP contribution in [0.3, 0.4) is 0 Å². The normalized spacial score (nSPS) is 11.4. The second kappa shape index (κ2) is 9.83. The third kappa shape index (κ3) is 6.43. The highest BCUT2D eigenvalue weighted by molar-refractivity contribution is 7.99. The van der Waals surface area contributed by atoms with Gasteiger partial charge in [0, 0.05) is 29.5 Å². The van der Waals surface area contributed by atoms with Crippen molar-refractivity contribution in [3.63, 3.8) is 0 Å². The first-order valence-electron chi connectivity index (χ1n) is 6.81. The van der Waals surface area contributed by atoms with Crippen LogP contribution in [0.5, 0.6) is 0 Å². The van der Waals surface area contributed by atoms with Gasteiger partial charge >= 0.3 is 0 Å². The molecule has 0 unspecified atom stereocenters. The summed E-state index contributed by atoms with van der Waals surface area (Å²) in [5, 5.41) is 7.71. The fourth-order valence-corrected chi connectivity index (χ4v) is 3.06. The summed E-state index contributed by atoms with van der Waals surface area (Å²) in [6.45, 7) is 12.3. The van der Waals surface area contributed by atoms with E-state index in [1.807, 2.05) is 31.7 Å². The number of aliphatic imine (C=N–C) groups is 1. The van der Waals surface area contributed by atoms with E-state index in [0.717, 1.165) is 41.3 Å². The number of hydrogen-bond donors (Lipinski definition) is 2. The van der Waals surface area contributed by atoms with Crippen molar-refractivity contribution in [2.24, 2.45) is 4.99 Å². The standard InChI is InChI=1S/C14H24N4S2/c1-5-8-19-9-7-16-14(15-6-2)17-10-13-11(3)18-12(4)20-13/h5H,1,6-10H2,2-4H3,(H2,15,16,17). The molecule has 2 N–H and O–H groups in total. The van der Waals surface area contributed by atoms with Gasteiger partial charge in [0.25, 0.3) is 0 Å². The van der Waals surface area contributed by atoms with E-state index in [0.29, 0.717) is 6.54 Å². The first-order chi connectivity index (χ1) is 9.67. The Balaban J connectivity index is 2.45. The van der Waals surface area contributed by atoms with Crippen molar-refractivity contribution in [3.05, 3.63) is 28.2 Å². The van der Waals surface area contributed by atoms with Crippen LogP contribution >= 0.6 is 23.1 Å². The van der Waals surface area contributed by atoms with Gasteiger partial charge in [-0.1, -0.05) is 6.08 Å². The summed E-state index contributed by atoms with van der Waals surface area (Å²) < 4.78 is 0. The van der Waals surface area contributed by atoms with Gasteiger partial charge in [0.2, 0.25) is 0 Å². The molecule has 0 spiro atoms. The number of aryl methyl sites for hydroxylation is 2. The number of nitrogens with one attached hydrogen (secondary N) is 2. The highest BCUT2D eigenvalue weighted by Crippen LogP contribution is 2.17. The Morgan fingerprint density at radius 1 is 1.45 bits per heavy atom. The van der Waals surface area contributed by atoms with Crippen LogP contribution in [0.4, 0.5) is 0 Å². The fourth-order valence-electron chi connectivity index (χ4n) is 1.62. The molecule has 112 valence electrons. The molecule has 0 aliphatic rings. The largest absolute Gasteiger partial charge is 0.357 e. The van der Waals surface area contributed by atoms with Gasteiger partial charge in [0.15, 0.2) is 5.96 Å². The van der Waals surface area contributed by atoms with Gasteiger partial charge in [-0.15, -0.1) is 17.9 Å². The maximum absolute atomic E-state index is 4.61. The van der Waals surface area contributed by atoms with Crippen molar-refractivity contribution in [2.45, 2.75) is 27.3 Å². The molecule has 0 bridgehead atoms. The summed E-state index contributed by atoms with van der Waals surface area (Å²) in [5.41, 5.74) is 1.09. The monoisotopic (exact) mass is 312 g/mol. The number of thiazole rings is 1. The maximum Gasteiger partial charge on any atom is 0.191 e. The highest BCUT2D eigenvalue weighted by Gasteiger charge is 2.04. The van der Waals surface area contributed by atoms with Crippen LogP contribution in [0.2, 0.25) is 0 Å². The third-order valence-corrected chi connectivity index (χ3v) is 4.52. The zero-order valence-corrected chi connectivity index (χ0v) is 14.2. The summed E-state index contributed by atoms with van der Waals surface area (Å²) in [6, 6.07) is 0. The third-order valence-electron chi connectivity index (χ3n) is 2.50. The zero-order valence-electron chi connectivity index (χ0n) is 12.5. The van der Waals surface area contributed by atoms with E-state index in [9.17, 15) is 0 Å². The molecule has 0 amide bonds. The quantitative estimate of drug-likeness (QED) is 0.335. The summed E-state index contributed by atoms with van der Waals surface area (Å²) in [5.74, 6) is 2.92. The van der Waals surface area contributed by atoms with Gasteiger partial charge in [0.1, 0.15) is 0 Å². The van der Waals surface area contributed by atoms with Crippen molar-refractivity contribution in [1.82, 2.24) is 15.6 Å². The molecule has 0 aromatic carbocycles. The van der Waals surface area contributed by atoms with Crippen LogP contribution in [0.15, 0.2) is 17.6 Å². The minimum Gasteiger partial charge on any atom is -0.357 e. The van der Waals surface area contributed by atoms with Gasteiger partial charge in [-0.25, -0.2) is 9.98 Å². The summed E-state index contributed by atoms with van der Waals surface area (Å²) in [7, 11) is 0. The molecule has 0 aliphatic heterocycles. The second-order valence-electron chi connectivity index (χ2n) is 4.23. The number of guanidine groups is 1.